The molecule has 0 unspecified atom stereocenters. The Balaban J connectivity index is 1.81. The highest BCUT2D eigenvalue weighted by Gasteiger charge is 2.31. The van der Waals surface area contributed by atoms with Crippen LogP contribution in [0.25, 0.3) is 0 Å². The molecule has 0 spiro atoms. The molecule has 2 fully saturated rings. The number of nitrogens with zero attached hydrogens (tertiary/aromatic N) is 1. The molecule has 0 aliphatic carbocycles. The molecule has 4 heteroatoms. The second kappa shape index (κ2) is 5.64. The highest BCUT2D eigenvalue weighted by Crippen LogP contribution is 2.19. The number of rotatable bonds is 3. The van der Waals surface area contributed by atoms with Crippen molar-refractivity contribution in [2.24, 2.45) is 5.92 Å². The van der Waals surface area contributed by atoms with Gasteiger partial charge in [0.25, 0.3) is 0 Å². The molecular formula is C12H22N2O2. The summed E-state index contributed by atoms with van der Waals surface area (Å²) in [5.41, 5.74) is 0. The lowest BCUT2D eigenvalue weighted by Gasteiger charge is -2.27. The summed E-state index contributed by atoms with van der Waals surface area (Å²) in [5.74, 6) is 0.843. The summed E-state index contributed by atoms with van der Waals surface area (Å²) in [6.45, 7) is 3.56. The van der Waals surface area contributed by atoms with Gasteiger partial charge in [0.2, 0.25) is 5.91 Å². The quantitative estimate of drug-likeness (QED) is 0.767. The van der Waals surface area contributed by atoms with Crippen LogP contribution in [0, 0.1) is 5.92 Å². The van der Waals surface area contributed by atoms with E-state index in [9.17, 15) is 4.79 Å². The number of hydrogen-bond acceptors (Lipinski definition) is 3. The predicted molar refractivity (Wildman–Crippen MR) is 62.2 cm³/mol. The van der Waals surface area contributed by atoms with E-state index in [-0.39, 0.29) is 6.04 Å². The fourth-order valence-electron chi connectivity index (χ4n) is 2.69. The van der Waals surface area contributed by atoms with Gasteiger partial charge in [-0.3, -0.25) is 4.79 Å². The molecule has 2 heterocycles. The molecule has 2 aliphatic rings. The normalized spacial score (nSPS) is 30.7. The Morgan fingerprint density at radius 1 is 1.44 bits per heavy atom. The Hall–Kier alpha value is -0.610. The minimum atomic E-state index is 0.0787. The van der Waals surface area contributed by atoms with E-state index in [2.05, 4.69) is 5.32 Å². The molecule has 0 saturated carbocycles. The van der Waals surface area contributed by atoms with Gasteiger partial charge < -0.3 is 15.0 Å². The maximum absolute atomic E-state index is 12.2. The molecule has 16 heavy (non-hydrogen) atoms. The number of carbonyl (C=O) groups excluding carboxylic acids is 1. The number of hydrogen-bond donors (Lipinski definition) is 1. The highest BCUT2D eigenvalue weighted by molar-refractivity contribution is 5.82. The number of methoxy groups -OCH3 is 1. The van der Waals surface area contributed by atoms with Crippen LogP contribution in [0.2, 0.25) is 0 Å². The fraction of sp³-hybridized carbons (Fsp3) is 0.917. The highest BCUT2D eigenvalue weighted by atomic mass is 16.5. The average molecular weight is 226 g/mol. The van der Waals surface area contributed by atoms with E-state index in [1.165, 1.54) is 12.8 Å². The van der Waals surface area contributed by atoms with Gasteiger partial charge in [-0.2, -0.15) is 0 Å². The van der Waals surface area contributed by atoms with E-state index in [0.29, 0.717) is 11.8 Å². The summed E-state index contributed by atoms with van der Waals surface area (Å²) in [6.07, 6.45) is 4.48. The Morgan fingerprint density at radius 2 is 2.31 bits per heavy atom. The third kappa shape index (κ3) is 2.74. The van der Waals surface area contributed by atoms with Gasteiger partial charge >= 0.3 is 0 Å². The Bertz CT molecular complexity index is 239. The average Bonchev–Trinajstić information content (AvgIpc) is 2.78. The molecule has 0 aromatic carbocycles. The van der Waals surface area contributed by atoms with E-state index < -0.39 is 0 Å². The van der Waals surface area contributed by atoms with Gasteiger partial charge in [0.1, 0.15) is 0 Å². The lowest BCUT2D eigenvalue weighted by atomic mass is 10.0. The first kappa shape index (κ1) is 11.9. The van der Waals surface area contributed by atoms with Gasteiger partial charge in [0.05, 0.1) is 12.6 Å². The molecule has 1 N–H and O–H groups in total. The van der Waals surface area contributed by atoms with Gasteiger partial charge in [-0.05, 0) is 25.8 Å². The molecule has 92 valence electrons. The Labute approximate surface area is 97.3 Å². The van der Waals surface area contributed by atoms with Crippen LogP contribution in [0.4, 0.5) is 0 Å². The SMILES string of the molecule is COC[C@@H]1CCN(C(=O)[C@@H]2CCCCN2)C1. The molecule has 0 aromatic heterocycles. The van der Waals surface area contributed by atoms with Gasteiger partial charge in [0.15, 0.2) is 0 Å². The fourth-order valence-corrected chi connectivity index (χ4v) is 2.69. The van der Waals surface area contributed by atoms with Crippen molar-refractivity contribution in [3.05, 3.63) is 0 Å². The summed E-state index contributed by atoms with van der Waals surface area (Å²) >= 11 is 0. The van der Waals surface area contributed by atoms with Crippen molar-refractivity contribution in [3.8, 4) is 0 Å². The number of amides is 1. The molecule has 1 amide bonds. The van der Waals surface area contributed by atoms with Crippen LogP contribution in [0.3, 0.4) is 0 Å². The first-order valence-electron chi connectivity index (χ1n) is 6.32. The van der Waals surface area contributed by atoms with E-state index >= 15 is 0 Å². The second-order valence-corrected chi connectivity index (χ2v) is 4.90. The van der Waals surface area contributed by atoms with Crippen molar-refractivity contribution in [2.45, 2.75) is 31.7 Å². The molecule has 0 aromatic rings. The molecule has 0 radical (unpaired) electrons. The number of ether oxygens (including phenoxy) is 1. The zero-order valence-electron chi connectivity index (χ0n) is 10.1. The number of carbonyl (C=O) groups is 1. The van der Waals surface area contributed by atoms with Gasteiger partial charge in [-0.15, -0.1) is 0 Å². The maximum atomic E-state index is 12.2. The van der Waals surface area contributed by atoms with Crippen LogP contribution < -0.4 is 5.32 Å². The van der Waals surface area contributed by atoms with Crippen molar-refractivity contribution in [1.29, 1.82) is 0 Å². The van der Waals surface area contributed by atoms with Crippen molar-refractivity contribution in [2.75, 3.05) is 33.4 Å². The standard InChI is InChI=1S/C12H22N2O2/c1-16-9-10-5-7-14(8-10)12(15)11-4-2-3-6-13-11/h10-11,13H,2-9H2,1H3/t10-,11+/m1/s1. The van der Waals surface area contributed by atoms with Crippen LogP contribution >= 0.6 is 0 Å². The lowest BCUT2D eigenvalue weighted by Crippen LogP contribution is -2.47. The summed E-state index contributed by atoms with van der Waals surface area (Å²) in [4.78, 5) is 14.2. The smallest absolute Gasteiger partial charge is 0.239 e. The van der Waals surface area contributed by atoms with Crippen molar-refractivity contribution in [1.82, 2.24) is 10.2 Å². The number of nitrogens with one attached hydrogen (secondary N) is 1. The molecule has 0 bridgehead atoms. The zero-order valence-corrected chi connectivity index (χ0v) is 10.1. The largest absolute Gasteiger partial charge is 0.384 e. The third-order valence-corrected chi connectivity index (χ3v) is 3.61. The van der Waals surface area contributed by atoms with Crippen LogP contribution in [-0.4, -0.2) is 50.2 Å². The zero-order chi connectivity index (χ0) is 11.4. The first-order valence-corrected chi connectivity index (χ1v) is 6.32. The summed E-state index contributed by atoms with van der Waals surface area (Å²) in [7, 11) is 1.73. The van der Waals surface area contributed by atoms with E-state index in [1.807, 2.05) is 4.90 Å². The maximum Gasteiger partial charge on any atom is 0.239 e. The summed E-state index contributed by atoms with van der Waals surface area (Å²) < 4.78 is 5.15. The predicted octanol–water partition coefficient (Wildman–Crippen LogP) is 0.623. The van der Waals surface area contributed by atoms with Gasteiger partial charge in [-0.25, -0.2) is 0 Å². The second-order valence-electron chi connectivity index (χ2n) is 4.90. The van der Waals surface area contributed by atoms with Crippen LogP contribution in [0.1, 0.15) is 25.7 Å². The monoisotopic (exact) mass is 226 g/mol. The van der Waals surface area contributed by atoms with Crippen LogP contribution in [0.15, 0.2) is 0 Å². The Kier molecular flexibility index (Phi) is 4.18. The van der Waals surface area contributed by atoms with E-state index in [4.69, 9.17) is 4.74 Å². The molecule has 4 nitrogen and oxygen atoms in total. The van der Waals surface area contributed by atoms with Crippen LogP contribution in [0.5, 0.6) is 0 Å². The minimum absolute atomic E-state index is 0.0787. The molecule has 2 atom stereocenters. The van der Waals surface area contributed by atoms with Crippen molar-refractivity contribution >= 4 is 5.91 Å². The van der Waals surface area contributed by atoms with E-state index in [0.717, 1.165) is 39.1 Å². The minimum Gasteiger partial charge on any atom is -0.384 e. The third-order valence-electron chi connectivity index (χ3n) is 3.61. The lowest BCUT2D eigenvalue weighted by molar-refractivity contribution is -0.133. The van der Waals surface area contributed by atoms with Gasteiger partial charge in [0, 0.05) is 26.1 Å². The molecule has 2 rings (SSSR count). The van der Waals surface area contributed by atoms with Gasteiger partial charge in [-0.1, -0.05) is 6.42 Å². The van der Waals surface area contributed by atoms with E-state index in [1.54, 1.807) is 7.11 Å². The first-order chi connectivity index (χ1) is 7.81. The molecule has 2 saturated heterocycles. The molecular weight excluding hydrogens is 204 g/mol. The van der Waals surface area contributed by atoms with Crippen molar-refractivity contribution < 1.29 is 9.53 Å². The summed E-state index contributed by atoms with van der Waals surface area (Å²) in [5, 5.41) is 3.32. The number of piperidine rings is 1. The molecule has 2 aliphatic heterocycles. The Morgan fingerprint density at radius 3 is 3.00 bits per heavy atom. The number of likely N-dealkylation sites (tertiary alicyclic amines) is 1. The topological polar surface area (TPSA) is 41.6 Å². The van der Waals surface area contributed by atoms with Crippen molar-refractivity contribution in [3.63, 3.8) is 0 Å². The summed E-state index contributed by atoms with van der Waals surface area (Å²) in [6, 6.07) is 0.0787. The van der Waals surface area contributed by atoms with Crippen LogP contribution in [-0.2, 0) is 9.53 Å².